The molecule has 4 rings (SSSR count). The first kappa shape index (κ1) is 21.5. The van der Waals surface area contributed by atoms with E-state index in [1.54, 1.807) is 28.0 Å². The van der Waals surface area contributed by atoms with E-state index in [9.17, 15) is 13.6 Å². The van der Waals surface area contributed by atoms with Crippen LogP contribution in [0.15, 0.2) is 52.4 Å². The number of hydrogen-bond donors (Lipinski definition) is 0. The van der Waals surface area contributed by atoms with Crippen LogP contribution in [-0.4, -0.2) is 32.4 Å². The molecule has 0 saturated carbocycles. The molecule has 0 fully saturated rings. The molecule has 2 aromatic carbocycles. The standard InChI is InChI=1S/C22H22F2N4O2S/c1-3-30-13-7-12-27-20(29)15-8-4-5-11-18(15)28-21(27)25-26-22(28)31-14(2)19-16(23)9-6-10-17(19)24/h4-6,8-11,14H,3,7,12-13H2,1-2H3. The van der Waals surface area contributed by atoms with E-state index in [4.69, 9.17) is 4.74 Å². The fraction of sp³-hybridized carbons (Fsp3) is 0.318. The summed E-state index contributed by atoms with van der Waals surface area (Å²) in [6.45, 7) is 5.20. The molecule has 9 heteroatoms. The lowest BCUT2D eigenvalue weighted by molar-refractivity contribution is 0.141. The van der Waals surface area contributed by atoms with Gasteiger partial charge in [-0.15, -0.1) is 10.2 Å². The molecule has 0 N–H and O–H groups in total. The molecule has 1 unspecified atom stereocenters. The largest absolute Gasteiger partial charge is 0.382 e. The summed E-state index contributed by atoms with van der Waals surface area (Å²) in [6, 6.07) is 11.0. The molecule has 2 aromatic heterocycles. The number of benzene rings is 2. The van der Waals surface area contributed by atoms with Crippen LogP contribution in [-0.2, 0) is 11.3 Å². The minimum atomic E-state index is -0.605. The summed E-state index contributed by atoms with van der Waals surface area (Å²) in [5.74, 6) is -0.818. The number of aryl methyl sites for hydroxylation is 1. The minimum Gasteiger partial charge on any atom is -0.382 e. The Morgan fingerprint density at radius 3 is 2.58 bits per heavy atom. The molecule has 0 radical (unpaired) electrons. The number of fused-ring (bicyclic) bond motifs is 3. The molecule has 0 aliphatic heterocycles. The van der Waals surface area contributed by atoms with E-state index in [1.165, 1.54) is 30.0 Å². The lowest BCUT2D eigenvalue weighted by atomic mass is 10.1. The van der Waals surface area contributed by atoms with Gasteiger partial charge in [0.15, 0.2) is 5.16 Å². The molecule has 0 bridgehead atoms. The summed E-state index contributed by atoms with van der Waals surface area (Å²) in [5, 5.41) is 8.94. The van der Waals surface area contributed by atoms with Crippen molar-refractivity contribution in [2.45, 2.75) is 37.2 Å². The van der Waals surface area contributed by atoms with Gasteiger partial charge in [-0.25, -0.2) is 8.78 Å². The Morgan fingerprint density at radius 2 is 1.84 bits per heavy atom. The van der Waals surface area contributed by atoms with E-state index in [1.807, 2.05) is 19.1 Å². The fourth-order valence-electron chi connectivity index (χ4n) is 3.60. The number of ether oxygens (including phenoxy) is 1. The van der Waals surface area contributed by atoms with Crippen LogP contribution >= 0.6 is 11.8 Å². The summed E-state index contributed by atoms with van der Waals surface area (Å²) in [7, 11) is 0. The van der Waals surface area contributed by atoms with Crippen molar-refractivity contribution >= 4 is 28.4 Å². The quantitative estimate of drug-likeness (QED) is 0.294. The number of aromatic nitrogens is 4. The predicted molar refractivity (Wildman–Crippen MR) is 116 cm³/mol. The van der Waals surface area contributed by atoms with Gasteiger partial charge in [0, 0.05) is 30.6 Å². The van der Waals surface area contributed by atoms with Gasteiger partial charge in [0.1, 0.15) is 11.6 Å². The lowest BCUT2D eigenvalue weighted by Crippen LogP contribution is -2.24. The number of rotatable bonds is 8. The average Bonchev–Trinajstić information content (AvgIpc) is 3.16. The van der Waals surface area contributed by atoms with E-state index in [0.29, 0.717) is 48.0 Å². The Hall–Kier alpha value is -2.78. The lowest BCUT2D eigenvalue weighted by Gasteiger charge is -2.14. The summed E-state index contributed by atoms with van der Waals surface area (Å²) in [4.78, 5) is 13.1. The predicted octanol–water partition coefficient (Wildman–Crippen LogP) is 4.60. The Labute approximate surface area is 181 Å². The van der Waals surface area contributed by atoms with E-state index in [-0.39, 0.29) is 11.1 Å². The topological polar surface area (TPSA) is 61.4 Å². The van der Waals surface area contributed by atoms with Crippen molar-refractivity contribution in [3.8, 4) is 0 Å². The van der Waals surface area contributed by atoms with Crippen LogP contribution in [0.1, 0.15) is 31.1 Å². The highest BCUT2D eigenvalue weighted by Gasteiger charge is 2.22. The maximum absolute atomic E-state index is 14.3. The van der Waals surface area contributed by atoms with Gasteiger partial charge in [-0.3, -0.25) is 13.8 Å². The highest BCUT2D eigenvalue weighted by molar-refractivity contribution is 7.99. The van der Waals surface area contributed by atoms with Crippen molar-refractivity contribution in [3.63, 3.8) is 0 Å². The maximum Gasteiger partial charge on any atom is 0.262 e. The van der Waals surface area contributed by atoms with Crippen molar-refractivity contribution in [1.82, 2.24) is 19.2 Å². The second-order valence-corrected chi connectivity index (χ2v) is 8.35. The van der Waals surface area contributed by atoms with Gasteiger partial charge in [-0.05, 0) is 44.5 Å². The monoisotopic (exact) mass is 444 g/mol. The van der Waals surface area contributed by atoms with Crippen LogP contribution in [0.4, 0.5) is 8.78 Å². The zero-order valence-corrected chi connectivity index (χ0v) is 18.0. The van der Waals surface area contributed by atoms with Gasteiger partial charge in [0.2, 0.25) is 5.78 Å². The smallest absolute Gasteiger partial charge is 0.262 e. The molecular weight excluding hydrogens is 422 g/mol. The molecular formula is C22H22F2N4O2S. The second-order valence-electron chi connectivity index (χ2n) is 7.04. The molecule has 6 nitrogen and oxygen atoms in total. The zero-order chi connectivity index (χ0) is 22.0. The second kappa shape index (κ2) is 9.15. The van der Waals surface area contributed by atoms with Crippen LogP contribution in [0.5, 0.6) is 0 Å². The van der Waals surface area contributed by atoms with Gasteiger partial charge in [-0.1, -0.05) is 30.0 Å². The number of hydrogen-bond acceptors (Lipinski definition) is 5. The molecule has 4 aromatic rings. The van der Waals surface area contributed by atoms with Crippen LogP contribution in [0.2, 0.25) is 0 Å². The van der Waals surface area contributed by atoms with E-state index >= 15 is 0 Å². The third kappa shape index (κ3) is 4.07. The zero-order valence-electron chi connectivity index (χ0n) is 17.2. The molecule has 31 heavy (non-hydrogen) atoms. The molecule has 0 saturated heterocycles. The Bertz CT molecular complexity index is 1270. The molecule has 0 spiro atoms. The van der Waals surface area contributed by atoms with Crippen LogP contribution < -0.4 is 5.56 Å². The van der Waals surface area contributed by atoms with Crippen molar-refractivity contribution in [1.29, 1.82) is 0 Å². The highest BCUT2D eigenvalue weighted by Crippen LogP contribution is 2.37. The van der Waals surface area contributed by atoms with E-state index in [0.717, 1.165) is 0 Å². The highest BCUT2D eigenvalue weighted by atomic mass is 32.2. The number of nitrogens with zero attached hydrogens (tertiary/aromatic N) is 4. The molecule has 0 aliphatic carbocycles. The van der Waals surface area contributed by atoms with Crippen molar-refractivity contribution < 1.29 is 13.5 Å². The van der Waals surface area contributed by atoms with E-state index in [2.05, 4.69) is 10.2 Å². The van der Waals surface area contributed by atoms with Gasteiger partial charge < -0.3 is 4.74 Å². The average molecular weight is 445 g/mol. The van der Waals surface area contributed by atoms with Crippen molar-refractivity contribution in [2.75, 3.05) is 13.2 Å². The third-order valence-corrected chi connectivity index (χ3v) is 6.11. The number of thioether (sulfide) groups is 1. The molecule has 0 amide bonds. The Kier molecular flexibility index (Phi) is 6.33. The van der Waals surface area contributed by atoms with Gasteiger partial charge in [0.05, 0.1) is 10.9 Å². The third-order valence-electron chi connectivity index (χ3n) is 5.04. The normalized spacial score (nSPS) is 12.6. The Balaban J connectivity index is 1.80. The minimum absolute atomic E-state index is 0.0152. The SMILES string of the molecule is CCOCCCn1c(=O)c2ccccc2n2c(SC(C)c3c(F)cccc3F)nnc12. The molecule has 0 aliphatic rings. The summed E-state index contributed by atoms with van der Waals surface area (Å²) in [6.07, 6.45) is 0.647. The van der Waals surface area contributed by atoms with Crippen molar-refractivity contribution in [2.24, 2.45) is 0 Å². The number of halogens is 2. The summed E-state index contributed by atoms with van der Waals surface area (Å²) >= 11 is 1.19. The first-order valence-corrected chi connectivity index (χ1v) is 11.0. The molecule has 2 heterocycles. The molecule has 162 valence electrons. The van der Waals surface area contributed by atoms with Crippen LogP contribution in [0.25, 0.3) is 16.7 Å². The van der Waals surface area contributed by atoms with Gasteiger partial charge in [0.25, 0.3) is 5.56 Å². The Morgan fingerprint density at radius 1 is 1.10 bits per heavy atom. The van der Waals surface area contributed by atoms with E-state index < -0.39 is 16.9 Å². The first-order valence-electron chi connectivity index (χ1n) is 10.1. The summed E-state index contributed by atoms with van der Waals surface area (Å²) in [5.41, 5.74) is 0.479. The van der Waals surface area contributed by atoms with Crippen molar-refractivity contribution in [3.05, 3.63) is 70.0 Å². The fourth-order valence-corrected chi connectivity index (χ4v) is 4.63. The van der Waals surface area contributed by atoms with Crippen LogP contribution in [0.3, 0.4) is 0 Å². The summed E-state index contributed by atoms with van der Waals surface area (Å²) < 4.78 is 37.3. The first-order chi connectivity index (χ1) is 15.0. The van der Waals surface area contributed by atoms with Gasteiger partial charge in [-0.2, -0.15) is 0 Å². The maximum atomic E-state index is 14.3. The molecule has 1 atom stereocenters. The van der Waals surface area contributed by atoms with Crippen LogP contribution in [0, 0.1) is 11.6 Å². The van der Waals surface area contributed by atoms with Gasteiger partial charge >= 0.3 is 0 Å². The number of para-hydroxylation sites is 1.